The lowest BCUT2D eigenvalue weighted by Crippen LogP contribution is -2.23. The van der Waals surface area contributed by atoms with Crippen LogP contribution in [-0.2, 0) is 6.54 Å². The van der Waals surface area contributed by atoms with Crippen LogP contribution in [0.5, 0.6) is 0 Å². The van der Waals surface area contributed by atoms with Gasteiger partial charge in [0.05, 0.1) is 12.2 Å². The van der Waals surface area contributed by atoms with Gasteiger partial charge >= 0.3 is 0 Å². The molecule has 2 heterocycles. The summed E-state index contributed by atoms with van der Waals surface area (Å²) < 4.78 is 0. The van der Waals surface area contributed by atoms with Gasteiger partial charge in [0.1, 0.15) is 5.01 Å². The maximum absolute atomic E-state index is 6.08. The molecule has 3 nitrogen and oxygen atoms in total. The summed E-state index contributed by atoms with van der Waals surface area (Å²) in [5, 5.41) is 1.25. The second-order valence-electron chi connectivity index (χ2n) is 5.99. The topological polar surface area (TPSA) is 42.2 Å². The summed E-state index contributed by atoms with van der Waals surface area (Å²) in [5.41, 5.74) is 7.29. The molecule has 1 fully saturated rings. The van der Waals surface area contributed by atoms with Crippen molar-refractivity contribution in [2.24, 2.45) is 5.73 Å². The third kappa shape index (κ3) is 4.01. The van der Waals surface area contributed by atoms with Crippen molar-refractivity contribution in [3.63, 3.8) is 0 Å². The quantitative estimate of drug-likeness (QED) is 0.915. The third-order valence-corrected chi connectivity index (χ3v) is 5.00. The molecule has 1 saturated heterocycles. The van der Waals surface area contributed by atoms with Gasteiger partial charge in [-0.1, -0.05) is 26.7 Å². The van der Waals surface area contributed by atoms with Crippen molar-refractivity contribution in [3.8, 4) is 0 Å². The number of hydrogen-bond acceptors (Lipinski definition) is 4. The largest absolute Gasteiger partial charge is 0.323 e. The molecule has 1 unspecified atom stereocenters. The molecule has 2 rings (SSSR count). The Morgan fingerprint density at radius 3 is 2.26 bits per heavy atom. The average molecular weight is 281 g/mol. The van der Waals surface area contributed by atoms with Gasteiger partial charge in [0.25, 0.3) is 0 Å². The second kappa shape index (κ2) is 6.82. The molecule has 2 N–H and O–H groups in total. The Labute approximate surface area is 121 Å². The van der Waals surface area contributed by atoms with Crippen LogP contribution in [0.15, 0.2) is 0 Å². The van der Waals surface area contributed by atoms with Crippen molar-refractivity contribution in [2.45, 2.75) is 65.0 Å². The van der Waals surface area contributed by atoms with Crippen molar-refractivity contribution in [1.29, 1.82) is 0 Å². The summed E-state index contributed by atoms with van der Waals surface area (Å²) in [5.74, 6) is 0.468. The van der Waals surface area contributed by atoms with E-state index in [0.717, 1.165) is 6.54 Å². The summed E-state index contributed by atoms with van der Waals surface area (Å²) in [6.45, 7) is 9.94. The van der Waals surface area contributed by atoms with Crippen molar-refractivity contribution in [2.75, 3.05) is 13.1 Å². The van der Waals surface area contributed by atoms with Gasteiger partial charge in [-0.15, -0.1) is 11.3 Å². The molecule has 1 aliphatic heterocycles. The standard InChI is InChI=1S/C15H27N3S/c1-11(2)14-15(12(3)16)19-13(17-14)10-18-8-6-4-5-7-9-18/h11-12H,4-10,16H2,1-3H3. The summed E-state index contributed by atoms with van der Waals surface area (Å²) >= 11 is 1.82. The Kier molecular flexibility index (Phi) is 5.37. The lowest BCUT2D eigenvalue weighted by Gasteiger charge is -2.17. The lowest BCUT2D eigenvalue weighted by atomic mass is 10.1. The number of nitrogens with zero attached hydrogens (tertiary/aromatic N) is 2. The Hall–Kier alpha value is -0.450. The number of aromatic nitrogens is 1. The number of hydrogen-bond donors (Lipinski definition) is 1. The van der Waals surface area contributed by atoms with Gasteiger partial charge in [0, 0.05) is 10.9 Å². The Morgan fingerprint density at radius 1 is 1.16 bits per heavy atom. The molecule has 0 aromatic carbocycles. The molecule has 1 aromatic heterocycles. The molecule has 0 spiro atoms. The van der Waals surface area contributed by atoms with E-state index in [1.54, 1.807) is 0 Å². The summed E-state index contributed by atoms with van der Waals surface area (Å²) in [6, 6.07) is 0.104. The molecule has 1 atom stereocenters. The van der Waals surface area contributed by atoms with Crippen molar-refractivity contribution < 1.29 is 0 Å². The maximum atomic E-state index is 6.08. The van der Waals surface area contributed by atoms with Crippen molar-refractivity contribution in [1.82, 2.24) is 9.88 Å². The SMILES string of the molecule is CC(C)c1nc(CN2CCCCCC2)sc1C(C)N. The highest BCUT2D eigenvalue weighted by atomic mass is 32.1. The molecule has 0 amide bonds. The van der Waals surface area contributed by atoms with E-state index >= 15 is 0 Å². The number of nitrogens with two attached hydrogens (primary N) is 1. The highest BCUT2D eigenvalue weighted by Gasteiger charge is 2.18. The Morgan fingerprint density at radius 2 is 1.79 bits per heavy atom. The normalized spacial score (nSPS) is 19.6. The first-order valence-electron chi connectivity index (χ1n) is 7.55. The summed E-state index contributed by atoms with van der Waals surface area (Å²) in [4.78, 5) is 8.69. The fourth-order valence-corrected chi connectivity index (χ4v) is 3.90. The van der Waals surface area contributed by atoms with E-state index in [2.05, 4.69) is 25.7 Å². The smallest absolute Gasteiger partial charge is 0.107 e. The van der Waals surface area contributed by atoms with Crippen LogP contribution in [0.1, 0.15) is 74.0 Å². The molecule has 1 aliphatic rings. The minimum atomic E-state index is 0.104. The van der Waals surface area contributed by atoms with Crippen LogP contribution in [0.3, 0.4) is 0 Å². The number of thiazole rings is 1. The molecule has 1 aromatic rings. The Balaban J connectivity index is 2.09. The van der Waals surface area contributed by atoms with E-state index < -0.39 is 0 Å². The van der Waals surface area contributed by atoms with Crippen LogP contribution < -0.4 is 5.73 Å². The highest BCUT2D eigenvalue weighted by Crippen LogP contribution is 2.30. The second-order valence-corrected chi connectivity index (χ2v) is 7.11. The van der Waals surface area contributed by atoms with E-state index in [4.69, 9.17) is 10.7 Å². The van der Waals surface area contributed by atoms with Crippen LogP contribution in [0, 0.1) is 0 Å². The zero-order valence-corrected chi connectivity index (χ0v) is 13.3. The van der Waals surface area contributed by atoms with Crippen LogP contribution >= 0.6 is 11.3 Å². The predicted molar refractivity (Wildman–Crippen MR) is 82.6 cm³/mol. The zero-order valence-electron chi connectivity index (χ0n) is 12.5. The van der Waals surface area contributed by atoms with Crippen LogP contribution in [0.25, 0.3) is 0 Å². The Bertz CT molecular complexity index is 365. The van der Waals surface area contributed by atoms with Crippen LogP contribution in [-0.4, -0.2) is 23.0 Å². The molecule has 4 heteroatoms. The first-order chi connectivity index (χ1) is 9.08. The van der Waals surface area contributed by atoms with E-state index in [9.17, 15) is 0 Å². The molecular weight excluding hydrogens is 254 g/mol. The molecule has 0 saturated carbocycles. The van der Waals surface area contributed by atoms with Gasteiger partial charge in [0.2, 0.25) is 0 Å². The minimum absolute atomic E-state index is 0.104. The minimum Gasteiger partial charge on any atom is -0.323 e. The zero-order chi connectivity index (χ0) is 13.8. The average Bonchev–Trinajstić information content (AvgIpc) is 2.60. The summed E-state index contributed by atoms with van der Waals surface area (Å²) in [6.07, 6.45) is 5.44. The van der Waals surface area contributed by atoms with Crippen LogP contribution in [0.4, 0.5) is 0 Å². The van der Waals surface area contributed by atoms with Gasteiger partial charge in [-0.25, -0.2) is 4.98 Å². The van der Waals surface area contributed by atoms with Crippen LogP contribution in [0.2, 0.25) is 0 Å². The fraction of sp³-hybridized carbons (Fsp3) is 0.800. The number of likely N-dealkylation sites (tertiary alicyclic amines) is 1. The highest BCUT2D eigenvalue weighted by molar-refractivity contribution is 7.11. The van der Waals surface area contributed by atoms with Gasteiger partial charge in [-0.05, 0) is 38.8 Å². The maximum Gasteiger partial charge on any atom is 0.107 e. The predicted octanol–water partition coefficient (Wildman–Crippen LogP) is 3.66. The van der Waals surface area contributed by atoms with E-state index in [-0.39, 0.29) is 6.04 Å². The fourth-order valence-electron chi connectivity index (χ4n) is 2.68. The molecule has 0 bridgehead atoms. The lowest BCUT2D eigenvalue weighted by molar-refractivity contribution is 0.276. The molecule has 0 aliphatic carbocycles. The van der Waals surface area contributed by atoms with Crippen molar-refractivity contribution in [3.05, 3.63) is 15.6 Å². The molecule has 0 radical (unpaired) electrons. The summed E-state index contributed by atoms with van der Waals surface area (Å²) in [7, 11) is 0. The van der Waals surface area contributed by atoms with Gasteiger partial charge in [-0.3, -0.25) is 4.90 Å². The van der Waals surface area contributed by atoms with E-state index in [1.165, 1.54) is 54.4 Å². The molecule has 108 valence electrons. The molecule has 19 heavy (non-hydrogen) atoms. The van der Waals surface area contributed by atoms with Crippen molar-refractivity contribution >= 4 is 11.3 Å². The third-order valence-electron chi connectivity index (χ3n) is 3.74. The van der Waals surface area contributed by atoms with Gasteiger partial charge in [-0.2, -0.15) is 0 Å². The first-order valence-corrected chi connectivity index (χ1v) is 8.37. The number of rotatable bonds is 4. The monoisotopic (exact) mass is 281 g/mol. The van der Waals surface area contributed by atoms with E-state index in [1.807, 2.05) is 11.3 Å². The van der Waals surface area contributed by atoms with Gasteiger partial charge < -0.3 is 5.73 Å². The van der Waals surface area contributed by atoms with E-state index in [0.29, 0.717) is 5.92 Å². The molecular formula is C15H27N3S. The van der Waals surface area contributed by atoms with Gasteiger partial charge in [0.15, 0.2) is 0 Å². The first kappa shape index (κ1) is 14.9.